The van der Waals surface area contributed by atoms with Crippen LogP contribution < -0.4 is 10.1 Å². The lowest BCUT2D eigenvalue weighted by atomic mass is 10.2. The lowest BCUT2D eigenvalue weighted by Gasteiger charge is -2.13. The van der Waals surface area contributed by atoms with Gasteiger partial charge in [0.15, 0.2) is 9.84 Å². The van der Waals surface area contributed by atoms with Crippen LogP contribution in [0.15, 0.2) is 47.4 Å². The summed E-state index contributed by atoms with van der Waals surface area (Å²) in [4.78, 5) is 10.4. The van der Waals surface area contributed by atoms with E-state index in [0.29, 0.717) is 11.4 Å². The second-order valence-corrected chi connectivity index (χ2v) is 7.65. The molecule has 1 N–H and O–H groups in total. The zero-order chi connectivity index (χ0) is 18.6. The Balaban J connectivity index is 2.33. The summed E-state index contributed by atoms with van der Waals surface area (Å²) >= 11 is 0. The standard InChI is InChI=1S/C17H20N2O5S/c1-4-12(2)24-14-10-8-13(9-11-14)18-15-6-5-7-16(25(3,22)23)17(15)19(20)21/h5-12,18H,4H2,1-3H3. The number of sulfone groups is 1. The fraction of sp³-hybridized carbons (Fsp3) is 0.294. The molecule has 0 amide bonds. The van der Waals surface area contributed by atoms with Crippen molar-refractivity contribution in [1.82, 2.24) is 0 Å². The molecule has 0 spiro atoms. The molecule has 2 aromatic carbocycles. The zero-order valence-corrected chi connectivity index (χ0v) is 15.0. The summed E-state index contributed by atoms with van der Waals surface area (Å²) in [5.74, 6) is 0.694. The lowest BCUT2D eigenvalue weighted by Crippen LogP contribution is -2.09. The maximum atomic E-state index is 11.8. The Kier molecular flexibility index (Phi) is 5.63. The normalized spacial score (nSPS) is 12.4. The first-order chi connectivity index (χ1) is 11.7. The minimum Gasteiger partial charge on any atom is -0.491 e. The summed E-state index contributed by atoms with van der Waals surface area (Å²) in [5.41, 5.74) is 0.235. The van der Waals surface area contributed by atoms with E-state index < -0.39 is 20.4 Å². The summed E-state index contributed by atoms with van der Waals surface area (Å²) in [6, 6.07) is 11.1. The predicted octanol–water partition coefficient (Wildman–Crippen LogP) is 3.92. The Morgan fingerprint density at radius 2 is 1.84 bits per heavy atom. The molecule has 0 aliphatic rings. The van der Waals surface area contributed by atoms with Gasteiger partial charge in [-0.3, -0.25) is 10.1 Å². The van der Waals surface area contributed by atoms with Crippen LogP contribution >= 0.6 is 0 Å². The number of para-hydroxylation sites is 1. The number of ether oxygens (including phenoxy) is 1. The molecule has 2 aromatic rings. The van der Waals surface area contributed by atoms with E-state index in [2.05, 4.69) is 5.32 Å². The Bertz CT molecular complexity index is 863. The molecule has 0 fully saturated rings. The third-order valence-electron chi connectivity index (χ3n) is 3.63. The van der Waals surface area contributed by atoms with Gasteiger partial charge in [-0.2, -0.15) is 0 Å². The summed E-state index contributed by atoms with van der Waals surface area (Å²) in [7, 11) is -3.72. The Labute approximate surface area is 146 Å². The minimum absolute atomic E-state index is 0.0892. The number of rotatable bonds is 7. The van der Waals surface area contributed by atoms with Crippen LogP contribution in [-0.4, -0.2) is 25.7 Å². The van der Waals surface area contributed by atoms with Crippen LogP contribution in [0.2, 0.25) is 0 Å². The van der Waals surface area contributed by atoms with Gasteiger partial charge >= 0.3 is 5.69 Å². The smallest absolute Gasteiger partial charge is 0.311 e. The average Bonchev–Trinajstić information content (AvgIpc) is 2.55. The van der Waals surface area contributed by atoms with Crippen molar-refractivity contribution < 1.29 is 18.1 Å². The van der Waals surface area contributed by atoms with E-state index >= 15 is 0 Å². The maximum absolute atomic E-state index is 11.8. The molecule has 134 valence electrons. The molecule has 7 nitrogen and oxygen atoms in total. The summed E-state index contributed by atoms with van der Waals surface area (Å²) in [5, 5.41) is 14.3. The second kappa shape index (κ2) is 7.52. The van der Waals surface area contributed by atoms with Crippen molar-refractivity contribution in [2.75, 3.05) is 11.6 Å². The summed E-state index contributed by atoms with van der Waals surface area (Å²) in [6.45, 7) is 3.99. The third kappa shape index (κ3) is 4.69. The number of anilines is 2. The number of hydrogen-bond donors (Lipinski definition) is 1. The SMILES string of the molecule is CCC(C)Oc1ccc(Nc2cccc(S(C)(=O)=O)c2[N+](=O)[O-])cc1. The highest BCUT2D eigenvalue weighted by Gasteiger charge is 2.26. The van der Waals surface area contributed by atoms with Gasteiger partial charge in [0.25, 0.3) is 0 Å². The van der Waals surface area contributed by atoms with E-state index in [1.54, 1.807) is 24.3 Å². The third-order valence-corrected chi connectivity index (χ3v) is 4.75. The molecule has 0 heterocycles. The van der Waals surface area contributed by atoms with Crippen molar-refractivity contribution in [2.45, 2.75) is 31.3 Å². The van der Waals surface area contributed by atoms with Crippen LogP contribution in [0.25, 0.3) is 0 Å². The molecule has 8 heteroatoms. The molecule has 0 aliphatic carbocycles. The molecule has 0 aliphatic heterocycles. The number of benzene rings is 2. The number of nitro groups is 1. The molecule has 0 radical (unpaired) electrons. The first kappa shape index (κ1) is 18.7. The van der Waals surface area contributed by atoms with E-state index in [4.69, 9.17) is 4.74 Å². The Morgan fingerprint density at radius 1 is 1.20 bits per heavy atom. The van der Waals surface area contributed by atoms with Crippen LogP contribution in [-0.2, 0) is 9.84 Å². The molecule has 1 unspecified atom stereocenters. The van der Waals surface area contributed by atoms with E-state index in [1.807, 2.05) is 13.8 Å². The van der Waals surface area contributed by atoms with Gasteiger partial charge in [-0.25, -0.2) is 8.42 Å². The van der Waals surface area contributed by atoms with Gasteiger partial charge < -0.3 is 10.1 Å². The van der Waals surface area contributed by atoms with Crippen molar-refractivity contribution in [3.8, 4) is 5.75 Å². The maximum Gasteiger partial charge on any atom is 0.311 e. The topological polar surface area (TPSA) is 98.5 Å². The highest BCUT2D eigenvalue weighted by molar-refractivity contribution is 7.90. The lowest BCUT2D eigenvalue weighted by molar-refractivity contribution is -0.386. The summed E-state index contributed by atoms with van der Waals surface area (Å²) in [6.07, 6.45) is 1.91. The van der Waals surface area contributed by atoms with Crippen LogP contribution in [0, 0.1) is 10.1 Å². The first-order valence-corrected chi connectivity index (χ1v) is 9.62. The number of nitrogens with zero attached hydrogens (tertiary/aromatic N) is 1. The fourth-order valence-electron chi connectivity index (χ4n) is 2.20. The molecular formula is C17H20N2O5S. The van der Waals surface area contributed by atoms with Gasteiger partial charge in [0, 0.05) is 11.9 Å². The van der Waals surface area contributed by atoms with Crippen LogP contribution in [0.5, 0.6) is 5.75 Å². The predicted molar refractivity (Wildman–Crippen MR) is 96.3 cm³/mol. The molecule has 25 heavy (non-hydrogen) atoms. The fourth-order valence-corrected chi connectivity index (χ4v) is 3.06. The molecule has 0 bridgehead atoms. The van der Waals surface area contributed by atoms with E-state index in [9.17, 15) is 18.5 Å². The quantitative estimate of drug-likeness (QED) is 0.590. The number of nitro benzene ring substituents is 1. The van der Waals surface area contributed by atoms with E-state index in [1.165, 1.54) is 18.2 Å². The Hall–Kier alpha value is -2.61. The van der Waals surface area contributed by atoms with Crippen LogP contribution in [0.1, 0.15) is 20.3 Å². The molecule has 0 saturated heterocycles. The van der Waals surface area contributed by atoms with Crippen molar-refractivity contribution in [3.63, 3.8) is 0 Å². The highest BCUT2D eigenvalue weighted by Crippen LogP contribution is 2.34. The summed E-state index contributed by atoms with van der Waals surface area (Å²) < 4.78 is 29.3. The molecule has 2 rings (SSSR count). The largest absolute Gasteiger partial charge is 0.491 e. The van der Waals surface area contributed by atoms with Crippen molar-refractivity contribution in [2.24, 2.45) is 0 Å². The average molecular weight is 364 g/mol. The van der Waals surface area contributed by atoms with Gasteiger partial charge in [-0.15, -0.1) is 0 Å². The van der Waals surface area contributed by atoms with E-state index in [0.717, 1.165) is 12.7 Å². The Morgan fingerprint density at radius 3 is 2.36 bits per heavy atom. The monoisotopic (exact) mass is 364 g/mol. The first-order valence-electron chi connectivity index (χ1n) is 7.73. The zero-order valence-electron chi connectivity index (χ0n) is 14.2. The van der Waals surface area contributed by atoms with Crippen LogP contribution in [0.3, 0.4) is 0 Å². The van der Waals surface area contributed by atoms with E-state index in [-0.39, 0.29) is 16.7 Å². The van der Waals surface area contributed by atoms with Gasteiger partial charge in [0.2, 0.25) is 0 Å². The van der Waals surface area contributed by atoms with Gasteiger partial charge in [0.05, 0.1) is 11.0 Å². The number of hydrogen-bond acceptors (Lipinski definition) is 6. The van der Waals surface area contributed by atoms with Crippen molar-refractivity contribution >= 4 is 26.9 Å². The van der Waals surface area contributed by atoms with Crippen molar-refractivity contribution in [1.29, 1.82) is 0 Å². The highest BCUT2D eigenvalue weighted by atomic mass is 32.2. The van der Waals surface area contributed by atoms with Gasteiger partial charge in [-0.05, 0) is 49.7 Å². The molecule has 0 saturated carbocycles. The van der Waals surface area contributed by atoms with Gasteiger partial charge in [-0.1, -0.05) is 13.0 Å². The molecule has 1 atom stereocenters. The van der Waals surface area contributed by atoms with Crippen molar-refractivity contribution in [3.05, 3.63) is 52.6 Å². The number of nitrogens with one attached hydrogen (secondary N) is 1. The molecule has 0 aromatic heterocycles. The molecular weight excluding hydrogens is 344 g/mol. The minimum atomic E-state index is -3.72. The van der Waals surface area contributed by atoms with Gasteiger partial charge in [0.1, 0.15) is 16.3 Å². The van der Waals surface area contributed by atoms with Crippen LogP contribution in [0.4, 0.5) is 17.1 Å². The second-order valence-electron chi connectivity index (χ2n) is 5.67.